The van der Waals surface area contributed by atoms with Crippen LogP contribution in [0.4, 0.5) is 5.82 Å². The van der Waals surface area contributed by atoms with Gasteiger partial charge in [-0.15, -0.1) is 0 Å². The predicted octanol–water partition coefficient (Wildman–Crippen LogP) is 1.10. The molecule has 0 saturated heterocycles. The van der Waals surface area contributed by atoms with E-state index in [1.54, 1.807) is 12.3 Å². The number of nitrogens with one attached hydrogen (secondary N) is 1. The number of anilines is 1. The minimum Gasteiger partial charge on any atom is -0.381 e. The van der Waals surface area contributed by atoms with Crippen molar-refractivity contribution >= 4 is 11.7 Å². The average molecular weight is 194 g/mol. The molecule has 4 nitrogen and oxygen atoms in total. The maximum absolute atomic E-state index is 11.4. The van der Waals surface area contributed by atoms with Crippen molar-refractivity contribution in [3.8, 4) is 0 Å². The lowest BCUT2D eigenvalue weighted by Gasteiger charge is -2.16. The van der Waals surface area contributed by atoms with E-state index in [-0.39, 0.29) is 0 Å². The summed E-state index contributed by atoms with van der Waals surface area (Å²) in [6, 6.07) is 3.63. The summed E-state index contributed by atoms with van der Waals surface area (Å²) in [5, 5.41) is 11.9. The van der Waals surface area contributed by atoms with Crippen LogP contribution in [0.3, 0.4) is 0 Å². The van der Waals surface area contributed by atoms with E-state index < -0.39 is 11.5 Å². The van der Waals surface area contributed by atoms with E-state index in [2.05, 4.69) is 10.3 Å². The van der Waals surface area contributed by atoms with E-state index in [9.17, 15) is 9.90 Å². The van der Waals surface area contributed by atoms with Gasteiger partial charge >= 0.3 is 0 Å². The third kappa shape index (κ3) is 2.53. The van der Waals surface area contributed by atoms with E-state index in [1.165, 1.54) is 13.8 Å². The zero-order chi connectivity index (χ0) is 10.8. The van der Waals surface area contributed by atoms with Gasteiger partial charge in [0.1, 0.15) is 11.4 Å². The Bertz CT molecular complexity index is 342. The molecular formula is C10H14N2O2. The van der Waals surface area contributed by atoms with Crippen LogP contribution in [-0.4, -0.2) is 21.6 Å². The first-order chi connectivity index (χ1) is 6.41. The largest absolute Gasteiger partial charge is 0.381 e. The van der Waals surface area contributed by atoms with E-state index in [1.807, 2.05) is 13.0 Å². The molecule has 0 saturated carbocycles. The van der Waals surface area contributed by atoms with Crippen molar-refractivity contribution in [1.82, 2.24) is 4.98 Å². The van der Waals surface area contributed by atoms with E-state index in [0.29, 0.717) is 5.82 Å². The fourth-order valence-corrected chi connectivity index (χ4v) is 0.877. The SMILES string of the molecule is Cc1cccnc1NC(=O)C(C)(C)O. The fraction of sp³-hybridized carbons (Fsp3) is 0.400. The van der Waals surface area contributed by atoms with E-state index >= 15 is 0 Å². The van der Waals surface area contributed by atoms with Crippen molar-refractivity contribution < 1.29 is 9.90 Å². The van der Waals surface area contributed by atoms with Gasteiger partial charge in [-0.25, -0.2) is 4.98 Å². The lowest BCUT2D eigenvalue weighted by molar-refractivity contribution is -0.130. The number of pyridine rings is 1. The maximum atomic E-state index is 11.4. The number of amides is 1. The van der Waals surface area contributed by atoms with Crippen molar-refractivity contribution in [2.75, 3.05) is 5.32 Å². The number of hydrogen-bond acceptors (Lipinski definition) is 3. The molecule has 0 atom stereocenters. The van der Waals surface area contributed by atoms with Gasteiger partial charge in [-0.1, -0.05) is 6.07 Å². The smallest absolute Gasteiger partial charge is 0.256 e. The van der Waals surface area contributed by atoms with Crippen molar-refractivity contribution in [1.29, 1.82) is 0 Å². The minimum atomic E-state index is -1.38. The number of rotatable bonds is 2. The molecule has 0 aromatic carbocycles. The van der Waals surface area contributed by atoms with Crippen LogP contribution in [-0.2, 0) is 4.79 Å². The zero-order valence-corrected chi connectivity index (χ0v) is 8.53. The Morgan fingerprint density at radius 3 is 2.71 bits per heavy atom. The lowest BCUT2D eigenvalue weighted by Crippen LogP contribution is -2.37. The van der Waals surface area contributed by atoms with Crippen LogP contribution in [0.15, 0.2) is 18.3 Å². The molecule has 0 aliphatic carbocycles. The maximum Gasteiger partial charge on any atom is 0.256 e. The van der Waals surface area contributed by atoms with Crippen LogP contribution in [0.25, 0.3) is 0 Å². The van der Waals surface area contributed by atoms with Crippen LogP contribution in [0, 0.1) is 6.92 Å². The van der Waals surface area contributed by atoms with Gasteiger partial charge in [0, 0.05) is 6.20 Å². The standard InChI is InChI=1S/C10H14N2O2/c1-7-5-4-6-11-8(7)12-9(13)10(2,3)14/h4-6,14H,1-3H3,(H,11,12,13). The summed E-state index contributed by atoms with van der Waals surface area (Å²) in [5.74, 6) is 0.0268. The van der Waals surface area contributed by atoms with Gasteiger partial charge < -0.3 is 10.4 Å². The lowest BCUT2D eigenvalue weighted by atomic mass is 10.1. The number of aromatic nitrogens is 1. The Morgan fingerprint density at radius 1 is 1.57 bits per heavy atom. The quantitative estimate of drug-likeness (QED) is 0.741. The van der Waals surface area contributed by atoms with Crippen molar-refractivity contribution in [3.63, 3.8) is 0 Å². The Hall–Kier alpha value is -1.42. The van der Waals surface area contributed by atoms with Crippen molar-refractivity contribution in [2.24, 2.45) is 0 Å². The first kappa shape index (κ1) is 10.7. The average Bonchev–Trinajstić information content (AvgIpc) is 2.07. The molecule has 0 spiro atoms. The first-order valence-electron chi connectivity index (χ1n) is 4.36. The van der Waals surface area contributed by atoms with Gasteiger partial charge in [0.15, 0.2) is 0 Å². The van der Waals surface area contributed by atoms with E-state index in [4.69, 9.17) is 0 Å². The van der Waals surface area contributed by atoms with Crippen molar-refractivity contribution in [2.45, 2.75) is 26.4 Å². The highest BCUT2D eigenvalue weighted by Gasteiger charge is 2.24. The van der Waals surface area contributed by atoms with Gasteiger partial charge in [-0.05, 0) is 32.4 Å². The molecule has 0 fully saturated rings. The minimum absolute atomic E-state index is 0.459. The second-order valence-corrected chi connectivity index (χ2v) is 3.68. The van der Waals surface area contributed by atoms with Crippen LogP contribution >= 0.6 is 0 Å². The second kappa shape index (κ2) is 3.75. The number of aliphatic hydroxyl groups is 1. The Kier molecular flexibility index (Phi) is 2.86. The number of carbonyl (C=O) groups is 1. The molecule has 4 heteroatoms. The third-order valence-electron chi connectivity index (χ3n) is 1.80. The highest BCUT2D eigenvalue weighted by atomic mass is 16.3. The van der Waals surface area contributed by atoms with Crippen LogP contribution < -0.4 is 5.32 Å². The monoisotopic (exact) mass is 194 g/mol. The second-order valence-electron chi connectivity index (χ2n) is 3.68. The summed E-state index contributed by atoms with van der Waals surface area (Å²) in [6.07, 6.45) is 1.59. The topological polar surface area (TPSA) is 62.2 Å². The highest BCUT2D eigenvalue weighted by Crippen LogP contribution is 2.12. The number of aryl methyl sites for hydroxylation is 1. The normalized spacial score (nSPS) is 11.1. The molecule has 1 amide bonds. The van der Waals surface area contributed by atoms with Gasteiger partial charge in [0.2, 0.25) is 0 Å². The summed E-state index contributed by atoms with van der Waals surface area (Å²) >= 11 is 0. The molecule has 1 aromatic heterocycles. The molecular weight excluding hydrogens is 180 g/mol. The number of carbonyl (C=O) groups excluding carboxylic acids is 1. The fourth-order valence-electron chi connectivity index (χ4n) is 0.877. The summed E-state index contributed by atoms with van der Waals surface area (Å²) in [4.78, 5) is 15.4. The summed E-state index contributed by atoms with van der Waals surface area (Å²) in [7, 11) is 0. The van der Waals surface area contributed by atoms with Gasteiger partial charge in [0.25, 0.3) is 5.91 Å². The van der Waals surface area contributed by atoms with Crippen LogP contribution in [0.5, 0.6) is 0 Å². The van der Waals surface area contributed by atoms with Crippen LogP contribution in [0.2, 0.25) is 0 Å². The summed E-state index contributed by atoms with van der Waals surface area (Å²) in [5.41, 5.74) is -0.519. The molecule has 0 radical (unpaired) electrons. The first-order valence-corrected chi connectivity index (χ1v) is 4.36. The Morgan fingerprint density at radius 2 is 2.21 bits per heavy atom. The molecule has 14 heavy (non-hydrogen) atoms. The molecule has 1 aromatic rings. The third-order valence-corrected chi connectivity index (χ3v) is 1.80. The van der Waals surface area contributed by atoms with Gasteiger partial charge in [-0.2, -0.15) is 0 Å². The Labute approximate surface area is 83.0 Å². The molecule has 0 unspecified atom stereocenters. The van der Waals surface area contributed by atoms with E-state index in [0.717, 1.165) is 5.56 Å². The summed E-state index contributed by atoms with van der Waals surface area (Å²) in [6.45, 7) is 4.70. The molecule has 1 heterocycles. The Balaban J connectivity index is 2.80. The molecule has 0 aliphatic heterocycles. The van der Waals surface area contributed by atoms with Gasteiger partial charge in [0.05, 0.1) is 0 Å². The highest BCUT2D eigenvalue weighted by molar-refractivity contribution is 5.96. The zero-order valence-electron chi connectivity index (χ0n) is 8.53. The van der Waals surface area contributed by atoms with Gasteiger partial charge in [-0.3, -0.25) is 4.79 Å². The molecule has 1 rings (SSSR count). The summed E-state index contributed by atoms with van der Waals surface area (Å²) < 4.78 is 0. The van der Waals surface area contributed by atoms with Crippen molar-refractivity contribution in [3.05, 3.63) is 23.9 Å². The molecule has 2 N–H and O–H groups in total. The van der Waals surface area contributed by atoms with Crippen LogP contribution in [0.1, 0.15) is 19.4 Å². The number of nitrogens with zero attached hydrogens (tertiary/aromatic N) is 1. The predicted molar refractivity (Wildman–Crippen MR) is 53.9 cm³/mol. The number of hydrogen-bond donors (Lipinski definition) is 2. The molecule has 0 bridgehead atoms. The molecule has 0 aliphatic rings. The molecule has 76 valence electrons.